The summed E-state index contributed by atoms with van der Waals surface area (Å²) in [5.74, 6) is 0. The topological polar surface area (TPSA) is 24.9 Å². The molecular formula is C10H15FN2S. The zero-order chi connectivity index (χ0) is 9.97. The second-order valence-electron chi connectivity index (χ2n) is 3.83. The Morgan fingerprint density at radius 1 is 1.50 bits per heavy atom. The Hall–Kier alpha value is -0.640. The van der Waals surface area contributed by atoms with E-state index in [0.29, 0.717) is 6.42 Å². The highest BCUT2D eigenvalue weighted by molar-refractivity contribution is 7.15. The first-order chi connectivity index (χ1) is 6.75. The van der Waals surface area contributed by atoms with Crippen LogP contribution in [0.4, 0.5) is 9.52 Å². The van der Waals surface area contributed by atoms with E-state index in [1.54, 1.807) is 11.3 Å². The van der Waals surface area contributed by atoms with Crippen molar-refractivity contribution >= 4 is 16.5 Å². The van der Waals surface area contributed by atoms with Gasteiger partial charge in [-0.1, -0.05) is 12.8 Å². The fourth-order valence-electron chi connectivity index (χ4n) is 1.83. The Bertz CT molecular complexity index is 300. The van der Waals surface area contributed by atoms with E-state index in [2.05, 4.69) is 10.3 Å². The van der Waals surface area contributed by atoms with Crippen LogP contribution < -0.4 is 5.32 Å². The molecule has 1 aliphatic rings. The lowest BCUT2D eigenvalue weighted by atomic mass is 9.94. The number of halogens is 1. The molecule has 14 heavy (non-hydrogen) atoms. The van der Waals surface area contributed by atoms with Crippen molar-refractivity contribution in [3.63, 3.8) is 0 Å². The Morgan fingerprint density at radius 2 is 2.29 bits per heavy atom. The molecule has 1 aromatic heterocycles. The van der Waals surface area contributed by atoms with Gasteiger partial charge in [-0.25, -0.2) is 9.37 Å². The van der Waals surface area contributed by atoms with E-state index in [0.717, 1.165) is 24.4 Å². The molecule has 1 aromatic rings. The number of nitrogens with zero attached hydrogens (tertiary/aromatic N) is 1. The third kappa shape index (κ3) is 2.23. The van der Waals surface area contributed by atoms with Crippen molar-refractivity contribution in [3.8, 4) is 0 Å². The van der Waals surface area contributed by atoms with Crippen LogP contribution in [-0.4, -0.2) is 17.2 Å². The molecule has 1 aliphatic carbocycles. The van der Waals surface area contributed by atoms with Crippen molar-refractivity contribution in [1.29, 1.82) is 0 Å². The largest absolute Gasteiger partial charge is 0.356 e. The summed E-state index contributed by atoms with van der Waals surface area (Å²) in [6.07, 6.45) is 4.90. The van der Waals surface area contributed by atoms with Crippen LogP contribution in [0.5, 0.6) is 0 Å². The predicted octanol–water partition coefficient (Wildman–Crippen LogP) is 3.14. The molecular weight excluding hydrogens is 199 g/mol. The molecule has 2 nitrogen and oxygen atoms in total. The van der Waals surface area contributed by atoms with Gasteiger partial charge in [0.1, 0.15) is 6.17 Å². The van der Waals surface area contributed by atoms with E-state index >= 15 is 0 Å². The maximum atomic E-state index is 13.5. The second kappa shape index (κ2) is 4.26. The highest BCUT2D eigenvalue weighted by atomic mass is 32.1. The van der Waals surface area contributed by atoms with Gasteiger partial charge in [0.2, 0.25) is 0 Å². The molecule has 0 aliphatic heterocycles. The first kappa shape index (κ1) is 9.90. The van der Waals surface area contributed by atoms with Crippen molar-refractivity contribution in [2.24, 2.45) is 0 Å². The van der Waals surface area contributed by atoms with E-state index in [-0.39, 0.29) is 6.04 Å². The Morgan fingerprint density at radius 3 is 2.93 bits per heavy atom. The van der Waals surface area contributed by atoms with Gasteiger partial charge in [-0.15, -0.1) is 11.3 Å². The summed E-state index contributed by atoms with van der Waals surface area (Å²) >= 11 is 1.59. The molecule has 1 saturated carbocycles. The molecule has 0 unspecified atom stereocenters. The minimum absolute atomic E-state index is 0.0192. The highest BCUT2D eigenvalue weighted by Gasteiger charge is 2.24. The van der Waals surface area contributed by atoms with Crippen LogP contribution in [0.3, 0.4) is 0 Å². The van der Waals surface area contributed by atoms with E-state index in [1.165, 1.54) is 4.88 Å². The van der Waals surface area contributed by atoms with Gasteiger partial charge in [-0.2, -0.15) is 0 Å². The lowest BCUT2D eigenvalue weighted by Gasteiger charge is -2.26. The van der Waals surface area contributed by atoms with Crippen molar-refractivity contribution in [3.05, 3.63) is 11.1 Å². The predicted molar refractivity (Wildman–Crippen MR) is 57.6 cm³/mol. The fourth-order valence-corrected chi connectivity index (χ4v) is 2.55. The van der Waals surface area contributed by atoms with Crippen LogP contribution in [-0.2, 0) is 0 Å². The minimum Gasteiger partial charge on any atom is -0.356 e. The summed E-state index contributed by atoms with van der Waals surface area (Å²) in [5.41, 5.74) is 0. The van der Waals surface area contributed by atoms with Crippen molar-refractivity contribution in [1.82, 2.24) is 4.98 Å². The van der Waals surface area contributed by atoms with Gasteiger partial charge >= 0.3 is 0 Å². The van der Waals surface area contributed by atoms with Gasteiger partial charge in [0, 0.05) is 11.1 Å². The molecule has 0 aromatic carbocycles. The monoisotopic (exact) mass is 214 g/mol. The molecule has 0 saturated heterocycles. The highest BCUT2D eigenvalue weighted by Crippen LogP contribution is 2.26. The Labute approximate surface area is 87.6 Å². The smallest absolute Gasteiger partial charge is 0.183 e. The number of rotatable bonds is 2. The number of aromatic nitrogens is 1. The maximum Gasteiger partial charge on any atom is 0.183 e. The van der Waals surface area contributed by atoms with Crippen LogP contribution in [0.15, 0.2) is 6.20 Å². The number of thiazole rings is 1. The Kier molecular flexibility index (Phi) is 3.01. The number of hydrogen-bond acceptors (Lipinski definition) is 3. The van der Waals surface area contributed by atoms with E-state index in [4.69, 9.17) is 0 Å². The number of anilines is 1. The summed E-state index contributed by atoms with van der Waals surface area (Å²) in [4.78, 5) is 5.35. The Balaban J connectivity index is 1.95. The lowest BCUT2D eigenvalue weighted by Crippen LogP contribution is -2.33. The first-order valence-electron chi connectivity index (χ1n) is 5.09. The second-order valence-corrected chi connectivity index (χ2v) is 5.06. The molecule has 2 atom stereocenters. The molecule has 0 bridgehead atoms. The third-order valence-electron chi connectivity index (χ3n) is 2.61. The molecule has 2 rings (SSSR count). The molecule has 0 amide bonds. The standard InChI is InChI=1S/C10H15FN2S/c1-7-6-12-10(14-7)13-9-5-3-2-4-8(9)11/h6,8-9H,2-5H2,1H3,(H,12,13)/t8-,9-/m1/s1. The number of aryl methyl sites for hydroxylation is 1. The number of alkyl halides is 1. The zero-order valence-corrected chi connectivity index (χ0v) is 9.11. The molecule has 0 spiro atoms. The van der Waals surface area contributed by atoms with E-state index in [1.807, 2.05) is 13.1 Å². The normalized spacial score (nSPS) is 27.6. The van der Waals surface area contributed by atoms with Crippen molar-refractivity contribution < 1.29 is 4.39 Å². The van der Waals surface area contributed by atoms with Gasteiger partial charge in [-0.05, 0) is 19.8 Å². The van der Waals surface area contributed by atoms with Gasteiger partial charge in [0.05, 0.1) is 6.04 Å². The van der Waals surface area contributed by atoms with Crippen LogP contribution in [0, 0.1) is 6.92 Å². The van der Waals surface area contributed by atoms with Gasteiger partial charge in [0.15, 0.2) is 5.13 Å². The summed E-state index contributed by atoms with van der Waals surface area (Å²) < 4.78 is 13.5. The molecule has 1 heterocycles. The average molecular weight is 214 g/mol. The molecule has 0 radical (unpaired) electrons. The summed E-state index contributed by atoms with van der Waals surface area (Å²) in [6.45, 7) is 2.01. The van der Waals surface area contributed by atoms with Crippen molar-refractivity contribution in [2.75, 3.05) is 5.32 Å². The molecule has 78 valence electrons. The summed E-state index contributed by atoms with van der Waals surface area (Å²) in [7, 11) is 0. The van der Waals surface area contributed by atoms with Crippen LogP contribution >= 0.6 is 11.3 Å². The molecule has 4 heteroatoms. The third-order valence-corrected chi connectivity index (χ3v) is 3.46. The first-order valence-corrected chi connectivity index (χ1v) is 5.90. The van der Waals surface area contributed by atoms with E-state index < -0.39 is 6.17 Å². The van der Waals surface area contributed by atoms with Crippen LogP contribution in [0.25, 0.3) is 0 Å². The van der Waals surface area contributed by atoms with Gasteiger partial charge < -0.3 is 5.32 Å². The van der Waals surface area contributed by atoms with Gasteiger partial charge in [-0.3, -0.25) is 0 Å². The molecule has 1 fully saturated rings. The summed E-state index contributed by atoms with van der Waals surface area (Å²) in [5, 5.41) is 4.04. The van der Waals surface area contributed by atoms with Gasteiger partial charge in [0.25, 0.3) is 0 Å². The maximum absolute atomic E-state index is 13.5. The average Bonchev–Trinajstić information content (AvgIpc) is 2.56. The molecule has 1 N–H and O–H groups in total. The fraction of sp³-hybridized carbons (Fsp3) is 0.700. The van der Waals surface area contributed by atoms with Crippen LogP contribution in [0.1, 0.15) is 30.6 Å². The number of hydrogen-bond donors (Lipinski definition) is 1. The minimum atomic E-state index is -0.701. The van der Waals surface area contributed by atoms with Crippen LogP contribution in [0.2, 0.25) is 0 Å². The quantitative estimate of drug-likeness (QED) is 0.818. The van der Waals surface area contributed by atoms with E-state index in [9.17, 15) is 4.39 Å². The summed E-state index contributed by atoms with van der Waals surface area (Å²) in [6, 6.07) is -0.0192. The SMILES string of the molecule is Cc1cnc(N[C@@H]2CCCC[C@H]2F)s1. The zero-order valence-electron chi connectivity index (χ0n) is 8.29. The number of nitrogens with one attached hydrogen (secondary N) is 1. The van der Waals surface area contributed by atoms with Crippen molar-refractivity contribution in [2.45, 2.75) is 44.8 Å². The lowest BCUT2D eigenvalue weighted by molar-refractivity contribution is 0.230.